The molecule has 1 atom stereocenters. The SMILES string of the molecule is CSCC(C)(O)CNCc1sccc1Br. The van der Waals surface area contributed by atoms with Crippen LogP contribution in [0.15, 0.2) is 15.9 Å². The number of hydrogen-bond acceptors (Lipinski definition) is 4. The summed E-state index contributed by atoms with van der Waals surface area (Å²) in [4.78, 5) is 1.27. The fourth-order valence-electron chi connectivity index (χ4n) is 1.26. The van der Waals surface area contributed by atoms with Crippen LogP contribution in [0.2, 0.25) is 0 Å². The minimum Gasteiger partial charge on any atom is -0.388 e. The van der Waals surface area contributed by atoms with Crippen molar-refractivity contribution in [3.05, 3.63) is 20.8 Å². The summed E-state index contributed by atoms with van der Waals surface area (Å²) in [6.45, 7) is 3.29. The molecular weight excluding hydrogens is 294 g/mol. The minimum absolute atomic E-state index is 0.622. The lowest BCUT2D eigenvalue weighted by Gasteiger charge is -2.22. The highest BCUT2D eigenvalue weighted by Gasteiger charge is 2.18. The quantitative estimate of drug-likeness (QED) is 0.847. The van der Waals surface area contributed by atoms with Crippen LogP contribution in [0.25, 0.3) is 0 Å². The summed E-state index contributed by atoms with van der Waals surface area (Å²) in [5.41, 5.74) is -0.622. The lowest BCUT2D eigenvalue weighted by molar-refractivity contribution is 0.0846. The minimum atomic E-state index is -0.622. The Hall–Kier alpha value is 0.450. The first kappa shape index (κ1) is 13.5. The number of thioether (sulfide) groups is 1. The van der Waals surface area contributed by atoms with Crippen LogP contribution in [0, 0.1) is 0 Å². The van der Waals surface area contributed by atoms with Gasteiger partial charge in [-0.15, -0.1) is 11.3 Å². The first-order chi connectivity index (χ1) is 7.05. The molecule has 1 rings (SSSR count). The van der Waals surface area contributed by atoms with Gasteiger partial charge in [0.05, 0.1) is 5.60 Å². The zero-order chi connectivity index (χ0) is 11.3. The van der Waals surface area contributed by atoms with Crippen molar-refractivity contribution in [1.82, 2.24) is 5.32 Å². The molecular formula is C10H16BrNOS2. The molecule has 0 saturated heterocycles. The fraction of sp³-hybridized carbons (Fsp3) is 0.600. The van der Waals surface area contributed by atoms with Crippen molar-refractivity contribution in [2.24, 2.45) is 0 Å². The van der Waals surface area contributed by atoms with Gasteiger partial charge in [-0.05, 0) is 40.6 Å². The van der Waals surface area contributed by atoms with E-state index in [-0.39, 0.29) is 0 Å². The van der Waals surface area contributed by atoms with Crippen molar-refractivity contribution in [1.29, 1.82) is 0 Å². The van der Waals surface area contributed by atoms with E-state index in [1.165, 1.54) is 4.88 Å². The molecule has 1 aromatic rings. The van der Waals surface area contributed by atoms with Crippen molar-refractivity contribution in [2.75, 3.05) is 18.6 Å². The lowest BCUT2D eigenvalue weighted by Crippen LogP contribution is -2.39. The van der Waals surface area contributed by atoms with Gasteiger partial charge in [-0.3, -0.25) is 0 Å². The lowest BCUT2D eigenvalue weighted by atomic mass is 10.1. The highest BCUT2D eigenvalue weighted by Crippen LogP contribution is 2.22. The third kappa shape index (κ3) is 4.87. The number of aliphatic hydroxyl groups is 1. The monoisotopic (exact) mass is 309 g/mol. The van der Waals surface area contributed by atoms with Crippen LogP contribution in [0.4, 0.5) is 0 Å². The second kappa shape index (κ2) is 6.25. The van der Waals surface area contributed by atoms with Crippen LogP contribution in [0.1, 0.15) is 11.8 Å². The van der Waals surface area contributed by atoms with Crippen molar-refractivity contribution in [2.45, 2.75) is 19.1 Å². The van der Waals surface area contributed by atoms with Gasteiger partial charge in [-0.25, -0.2) is 0 Å². The third-order valence-corrected chi connectivity index (χ3v) is 4.77. The molecule has 0 aliphatic carbocycles. The number of rotatable bonds is 6. The normalized spacial score (nSPS) is 15.2. The molecule has 0 spiro atoms. The molecule has 0 radical (unpaired) electrons. The second-order valence-electron chi connectivity index (χ2n) is 3.73. The molecule has 0 aliphatic rings. The van der Waals surface area contributed by atoms with Gasteiger partial charge in [-0.1, -0.05) is 0 Å². The Labute approximate surface area is 108 Å². The van der Waals surface area contributed by atoms with E-state index in [1.807, 2.05) is 19.2 Å². The molecule has 1 unspecified atom stereocenters. The van der Waals surface area contributed by atoms with Crippen LogP contribution < -0.4 is 5.32 Å². The van der Waals surface area contributed by atoms with Gasteiger partial charge in [-0.2, -0.15) is 11.8 Å². The van der Waals surface area contributed by atoms with E-state index in [9.17, 15) is 5.11 Å². The van der Waals surface area contributed by atoms with Gasteiger partial charge >= 0.3 is 0 Å². The Kier molecular flexibility index (Phi) is 5.63. The standard InChI is InChI=1S/C10H16BrNOS2/c1-10(13,7-14-2)6-12-5-9-8(11)3-4-15-9/h3-4,12-13H,5-7H2,1-2H3. The number of nitrogens with one attached hydrogen (secondary N) is 1. The summed E-state index contributed by atoms with van der Waals surface area (Å²) in [7, 11) is 0. The summed E-state index contributed by atoms with van der Waals surface area (Å²) >= 11 is 6.86. The Morgan fingerprint density at radius 3 is 2.93 bits per heavy atom. The molecule has 0 fully saturated rings. The van der Waals surface area contributed by atoms with E-state index in [0.717, 1.165) is 16.8 Å². The largest absolute Gasteiger partial charge is 0.388 e. The van der Waals surface area contributed by atoms with E-state index in [0.29, 0.717) is 6.54 Å². The van der Waals surface area contributed by atoms with Gasteiger partial charge in [0.2, 0.25) is 0 Å². The number of halogens is 1. The molecule has 2 nitrogen and oxygen atoms in total. The summed E-state index contributed by atoms with van der Waals surface area (Å²) in [5.74, 6) is 0.756. The van der Waals surface area contributed by atoms with Crippen molar-refractivity contribution >= 4 is 39.0 Å². The summed E-state index contributed by atoms with van der Waals surface area (Å²) in [6, 6.07) is 2.04. The van der Waals surface area contributed by atoms with Crippen LogP contribution in [0.3, 0.4) is 0 Å². The molecule has 1 heterocycles. The van der Waals surface area contributed by atoms with Crippen LogP contribution in [-0.4, -0.2) is 29.3 Å². The summed E-state index contributed by atoms with van der Waals surface area (Å²) in [5, 5.41) is 15.2. The molecule has 0 aliphatic heterocycles. The first-order valence-corrected chi connectivity index (χ1v) is 7.76. The summed E-state index contributed by atoms with van der Waals surface area (Å²) in [6.07, 6.45) is 2.00. The molecule has 0 aromatic carbocycles. The Balaban J connectivity index is 2.30. The molecule has 5 heteroatoms. The summed E-state index contributed by atoms with van der Waals surface area (Å²) < 4.78 is 1.14. The Morgan fingerprint density at radius 2 is 2.40 bits per heavy atom. The highest BCUT2D eigenvalue weighted by atomic mass is 79.9. The molecule has 0 bridgehead atoms. The molecule has 1 aromatic heterocycles. The van der Waals surface area contributed by atoms with Gasteiger partial charge in [0.1, 0.15) is 0 Å². The van der Waals surface area contributed by atoms with Crippen molar-refractivity contribution in [3.63, 3.8) is 0 Å². The molecule has 0 amide bonds. The number of hydrogen-bond donors (Lipinski definition) is 2. The topological polar surface area (TPSA) is 32.3 Å². The fourth-order valence-corrected chi connectivity index (χ4v) is 3.44. The van der Waals surface area contributed by atoms with Crippen LogP contribution in [0.5, 0.6) is 0 Å². The maximum Gasteiger partial charge on any atom is 0.0833 e. The highest BCUT2D eigenvalue weighted by molar-refractivity contribution is 9.10. The van der Waals surface area contributed by atoms with E-state index in [2.05, 4.69) is 26.6 Å². The second-order valence-corrected chi connectivity index (χ2v) is 6.45. The first-order valence-electron chi connectivity index (χ1n) is 4.69. The van der Waals surface area contributed by atoms with Crippen LogP contribution in [-0.2, 0) is 6.54 Å². The predicted octanol–water partition coefficient (Wildman–Crippen LogP) is 2.71. The predicted molar refractivity (Wildman–Crippen MR) is 72.7 cm³/mol. The Morgan fingerprint density at radius 1 is 1.67 bits per heavy atom. The maximum atomic E-state index is 9.92. The van der Waals surface area contributed by atoms with Crippen LogP contribution >= 0.6 is 39.0 Å². The smallest absolute Gasteiger partial charge is 0.0833 e. The van der Waals surface area contributed by atoms with Crippen molar-refractivity contribution < 1.29 is 5.11 Å². The zero-order valence-corrected chi connectivity index (χ0v) is 12.1. The molecule has 2 N–H and O–H groups in total. The molecule has 0 saturated carbocycles. The van der Waals surface area contributed by atoms with Gasteiger partial charge in [0.15, 0.2) is 0 Å². The zero-order valence-electron chi connectivity index (χ0n) is 8.92. The van der Waals surface area contributed by atoms with Crippen molar-refractivity contribution in [3.8, 4) is 0 Å². The van der Waals surface area contributed by atoms with E-state index >= 15 is 0 Å². The average molecular weight is 310 g/mol. The third-order valence-electron chi connectivity index (χ3n) is 1.94. The van der Waals surface area contributed by atoms with E-state index < -0.39 is 5.60 Å². The average Bonchev–Trinajstić information content (AvgIpc) is 2.51. The van der Waals surface area contributed by atoms with E-state index in [4.69, 9.17) is 0 Å². The van der Waals surface area contributed by atoms with Gasteiger partial charge in [0, 0.05) is 28.2 Å². The van der Waals surface area contributed by atoms with Gasteiger partial charge in [0.25, 0.3) is 0 Å². The number of thiophene rings is 1. The van der Waals surface area contributed by atoms with Gasteiger partial charge < -0.3 is 10.4 Å². The Bertz CT molecular complexity index is 301. The molecule has 15 heavy (non-hydrogen) atoms. The van der Waals surface area contributed by atoms with E-state index in [1.54, 1.807) is 23.1 Å². The maximum absolute atomic E-state index is 9.92. The molecule has 86 valence electrons.